The first kappa shape index (κ1) is 21.4. The van der Waals surface area contributed by atoms with Crippen molar-refractivity contribution in [1.82, 2.24) is 0 Å². The van der Waals surface area contributed by atoms with Crippen LogP contribution in [0.4, 0.5) is 26.3 Å². The zero-order valence-electron chi connectivity index (χ0n) is 10.9. The first-order chi connectivity index (χ1) is 9.31. The van der Waals surface area contributed by atoms with Gasteiger partial charge in [0.15, 0.2) is 10.5 Å². The van der Waals surface area contributed by atoms with Crippen LogP contribution in [0.1, 0.15) is 13.8 Å². The molecule has 0 spiro atoms. The Morgan fingerprint density at radius 1 is 0.682 bits per heavy atom. The number of hydrogen-bond donors (Lipinski definition) is 2. The summed E-state index contributed by atoms with van der Waals surface area (Å²) in [5.41, 5.74) is 0. The lowest BCUT2D eigenvalue weighted by molar-refractivity contribution is -0.161. The fourth-order valence-electron chi connectivity index (χ4n) is 2.03. The molecule has 0 aliphatic carbocycles. The van der Waals surface area contributed by atoms with Gasteiger partial charge in [-0.2, -0.15) is 43.2 Å². The summed E-state index contributed by atoms with van der Waals surface area (Å²) >= 11 is 0. The van der Waals surface area contributed by atoms with Crippen LogP contribution in [0.25, 0.3) is 0 Å². The van der Waals surface area contributed by atoms with Crippen LogP contribution in [0.5, 0.6) is 0 Å². The van der Waals surface area contributed by atoms with Crippen LogP contribution >= 0.6 is 0 Å². The molecule has 0 amide bonds. The highest BCUT2D eigenvalue weighted by Gasteiger charge is 2.59. The van der Waals surface area contributed by atoms with Crippen molar-refractivity contribution < 1.29 is 52.3 Å². The Balaban J connectivity index is 6.00. The molecule has 0 saturated carbocycles. The summed E-state index contributed by atoms with van der Waals surface area (Å²) in [4.78, 5) is 0. The number of hydrogen-bond acceptors (Lipinski definition) is 4. The molecule has 0 radical (unpaired) electrons. The SMILES string of the molecule is CC(C(C)C(C(F)(F)F)S(=O)(=O)O)C(C(F)(F)F)S(=O)(=O)O. The van der Waals surface area contributed by atoms with Crippen molar-refractivity contribution >= 4 is 20.2 Å². The summed E-state index contributed by atoms with van der Waals surface area (Å²) in [5, 5.41) is -7.27. The molecule has 0 aromatic rings. The van der Waals surface area contributed by atoms with Gasteiger partial charge in [0.25, 0.3) is 20.2 Å². The van der Waals surface area contributed by atoms with Crippen LogP contribution in [-0.2, 0) is 20.2 Å². The van der Waals surface area contributed by atoms with E-state index in [1.807, 2.05) is 0 Å². The summed E-state index contributed by atoms with van der Waals surface area (Å²) in [6.07, 6.45) is -11.3. The predicted octanol–water partition coefficient (Wildman–Crippen LogP) is 1.90. The van der Waals surface area contributed by atoms with Gasteiger partial charge in [0, 0.05) is 0 Å². The zero-order chi connectivity index (χ0) is 18.3. The Labute approximate surface area is 122 Å². The van der Waals surface area contributed by atoms with Gasteiger partial charge in [-0.15, -0.1) is 0 Å². The maximum atomic E-state index is 12.7. The second kappa shape index (κ2) is 6.13. The lowest BCUT2D eigenvalue weighted by atomic mass is 9.89. The van der Waals surface area contributed by atoms with Crippen molar-refractivity contribution in [2.75, 3.05) is 0 Å². The van der Waals surface area contributed by atoms with Crippen LogP contribution in [0, 0.1) is 11.8 Å². The largest absolute Gasteiger partial charge is 0.408 e. The maximum Gasteiger partial charge on any atom is 0.408 e. The minimum Gasteiger partial charge on any atom is -0.285 e. The molecule has 0 aliphatic rings. The van der Waals surface area contributed by atoms with E-state index in [0.29, 0.717) is 13.8 Å². The molecular formula is C8H12F6O6S2. The van der Waals surface area contributed by atoms with Crippen LogP contribution in [0.15, 0.2) is 0 Å². The normalized spacial score (nSPS) is 20.3. The Morgan fingerprint density at radius 3 is 0.955 bits per heavy atom. The molecule has 0 aliphatic heterocycles. The average molecular weight is 382 g/mol. The van der Waals surface area contributed by atoms with E-state index in [0.717, 1.165) is 0 Å². The third-order valence-electron chi connectivity index (χ3n) is 3.07. The van der Waals surface area contributed by atoms with E-state index in [1.54, 1.807) is 0 Å². The molecule has 134 valence electrons. The molecule has 2 N–H and O–H groups in total. The first-order valence-corrected chi connectivity index (χ1v) is 8.38. The molecule has 0 aromatic heterocycles. The minimum absolute atomic E-state index is 0.376. The minimum atomic E-state index is -5.86. The van der Waals surface area contributed by atoms with Crippen molar-refractivity contribution in [2.45, 2.75) is 36.7 Å². The van der Waals surface area contributed by atoms with Gasteiger partial charge < -0.3 is 0 Å². The van der Waals surface area contributed by atoms with E-state index in [9.17, 15) is 43.2 Å². The van der Waals surface area contributed by atoms with Crippen molar-refractivity contribution in [3.05, 3.63) is 0 Å². The van der Waals surface area contributed by atoms with Crippen molar-refractivity contribution in [1.29, 1.82) is 0 Å². The maximum absolute atomic E-state index is 12.7. The van der Waals surface area contributed by atoms with Crippen LogP contribution in [0.3, 0.4) is 0 Å². The third kappa shape index (κ3) is 5.24. The molecule has 22 heavy (non-hydrogen) atoms. The van der Waals surface area contributed by atoms with E-state index in [2.05, 4.69) is 0 Å². The topological polar surface area (TPSA) is 109 Å². The van der Waals surface area contributed by atoms with E-state index >= 15 is 0 Å². The van der Waals surface area contributed by atoms with E-state index in [-0.39, 0.29) is 0 Å². The lowest BCUT2D eigenvalue weighted by Crippen LogP contribution is -2.50. The Kier molecular flexibility index (Phi) is 5.96. The predicted molar refractivity (Wildman–Crippen MR) is 61.1 cm³/mol. The fourth-order valence-corrected chi connectivity index (χ4v) is 4.28. The smallest absolute Gasteiger partial charge is 0.285 e. The number of rotatable bonds is 5. The summed E-state index contributed by atoms with van der Waals surface area (Å²) in [6, 6.07) is 0. The Morgan fingerprint density at radius 2 is 0.864 bits per heavy atom. The molecule has 6 nitrogen and oxygen atoms in total. The van der Waals surface area contributed by atoms with Gasteiger partial charge in [0.2, 0.25) is 0 Å². The van der Waals surface area contributed by atoms with Crippen LogP contribution in [-0.4, -0.2) is 48.8 Å². The average Bonchev–Trinajstić information content (AvgIpc) is 2.06. The summed E-state index contributed by atoms with van der Waals surface area (Å²) in [6.45, 7) is 0.751. The van der Waals surface area contributed by atoms with E-state index < -0.39 is 54.9 Å². The molecule has 0 rings (SSSR count). The van der Waals surface area contributed by atoms with Crippen molar-refractivity contribution in [3.8, 4) is 0 Å². The van der Waals surface area contributed by atoms with Gasteiger partial charge in [-0.1, -0.05) is 13.8 Å². The highest BCUT2D eigenvalue weighted by atomic mass is 32.2. The molecule has 0 bridgehead atoms. The van der Waals surface area contributed by atoms with Crippen LogP contribution < -0.4 is 0 Å². The molecule has 0 saturated heterocycles. The quantitative estimate of drug-likeness (QED) is 0.555. The van der Waals surface area contributed by atoms with Gasteiger partial charge in [-0.25, -0.2) is 0 Å². The summed E-state index contributed by atoms with van der Waals surface area (Å²) in [5.74, 6) is -5.02. The monoisotopic (exact) mass is 382 g/mol. The van der Waals surface area contributed by atoms with Gasteiger partial charge in [0.1, 0.15) is 0 Å². The van der Waals surface area contributed by atoms with Gasteiger partial charge >= 0.3 is 12.4 Å². The molecular weight excluding hydrogens is 370 g/mol. The Bertz CT molecular complexity index is 538. The Hall–Kier alpha value is -0.600. The number of halogens is 6. The molecule has 4 unspecified atom stereocenters. The van der Waals surface area contributed by atoms with Gasteiger partial charge in [0.05, 0.1) is 0 Å². The van der Waals surface area contributed by atoms with Gasteiger partial charge in [-0.05, 0) is 11.8 Å². The highest BCUT2D eigenvalue weighted by Crippen LogP contribution is 2.40. The van der Waals surface area contributed by atoms with Gasteiger partial charge in [-0.3, -0.25) is 9.11 Å². The first-order valence-electron chi connectivity index (χ1n) is 5.37. The third-order valence-corrected chi connectivity index (χ3v) is 5.75. The zero-order valence-corrected chi connectivity index (χ0v) is 12.6. The molecule has 0 heterocycles. The second-order valence-electron chi connectivity index (χ2n) is 4.67. The molecule has 0 fully saturated rings. The van der Waals surface area contributed by atoms with Crippen molar-refractivity contribution in [3.63, 3.8) is 0 Å². The molecule has 14 heteroatoms. The summed E-state index contributed by atoms with van der Waals surface area (Å²) < 4.78 is 136. The molecule has 0 aromatic carbocycles. The van der Waals surface area contributed by atoms with E-state index in [4.69, 9.17) is 9.11 Å². The van der Waals surface area contributed by atoms with Crippen molar-refractivity contribution in [2.24, 2.45) is 11.8 Å². The standard InChI is InChI=1S/C8H12F6O6S2/c1-3(5(7(9,10)11)21(15,16)17)4(2)6(8(12,13)14)22(18,19)20/h3-6H,1-2H3,(H,15,16,17)(H,18,19,20). The number of alkyl halides is 6. The lowest BCUT2D eigenvalue weighted by Gasteiger charge is -2.32. The highest BCUT2D eigenvalue weighted by molar-refractivity contribution is 7.86. The fraction of sp³-hybridized carbons (Fsp3) is 1.00. The second-order valence-corrected chi connectivity index (χ2v) is 7.75. The summed E-state index contributed by atoms with van der Waals surface area (Å²) in [7, 11) is -11.7. The molecule has 4 atom stereocenters. The van der Waals surface area contributed by atoms with Crippen LogP contribution in [0.2, 0.25) is 0 Å². The van der Waals surface area contributed by atoms with E-state index in [1.165, 1.54) is 0 Å².